The Labute approximate surface area is 124 Å². The summed E-state index contributed by atoms with van der Waals surface area (Å²) in [5.41, 5.74) is 2.54. The van der Waals surface area contributed by atoms with Gasteiger partial charge >= 0.3 is 5.97 Å². The van der Waals surface area contributed by atoms with Gasteiger partial charge in [0.25, 0.3) is 0 Å². The molecule has 0 aliphatic carbocycles. The van der Waals surface area contributed by atoms with E-state index in [1.165, 1.54) is 11.1 Å². The zero-order valence-electron chi connectivity index (χ0n) is 11.9. The lowest BCUT2D eigenvalue weighted by Crippen LogP contribution is -2.52. The molecular formula is C18H19NO2. The maximum absolute atomic E-state index is 11.0. The van der Waals surface area contributed by atoms with Gasteiger partial charge in [0.1, 0.15) is 0 Å². The van der Waals surface area contributed by atoms with Crippen LogP contribution in [0.3, 0.4) is 0 Å². The second kappa shape index (κ2) is 6.10. The molecule has 21 heavy (non-hydrogen) atoms. The van der Waals surface area contributed by atoms with Gasteiger partial charge in [-0.05, 0) is 17.5 Å². The van der Waals surface area contributed by atoms with Gasteiger partial charge in [-0.2, -0.15) is 0 Å². The third kappa shape index (κ3) is 3.14. The third-order valence-electron chi connectivity index (χ3n) is 4.16. The lowest BCUT2D eigenvalue weighted by atomic mass is 9.91. The van der Waals surface area contributed by atoms with E-state index in [2.05, 4.69) is 29.2 Å². The Bertz CT molecular complexity index is 591. The van der Waals surface area contributed by atoms with Gasteiger partial charge in [-0.1, -0.05) is 60.7 Å². The number of carbonyl (C=O) groups is 1. The highest BCUT2D eigenvalue weighted by Crippen LogP contribution is 2.31. The van der Waals surface area contributed by atoms with Gasteiger partial charge in [0.05, 0.1) is 5.92 Å². The maximum atomic E-state index is 11.0. The predicted molar refractivity (Wildman–Crippen MR) is 82.0 cm³/mol. The van der Waals surface area contributed by atoms with Crippen LogP contribution < -0.4 is 0 Å². The van der Waals surface area contributed by atoms with Crippen molar-refractivity contribution in [2.75, 3.05) is 13.1 Å². The number of likely N-dealkylation sites (tertiary alicyclic amines) is 1. The van der Waals surface area contributed by atoms with Gasteiger partial charge in [-0.15, -0.1) is 0 Å². The first-order valence-electron chi connectivity index (χ1n) is 7.30. The van der Waals surface area contributed by atoms with Gasteiger partial charge in [-0.3, -0.25) is 9.69 Å². The number of hydrogen-bond acceptors (Lipinski definition) is 2. The number of nitrogens with zero attached hydrogens (tertiary/aromatic N) is 1. The number of hydrogen-bond donors (Lipinski definition) is 1. The monoisotopic (exact) mass is 281 g/mol. The smallest absolute Gasteiger partial charge is 0.309 e. The van der Waals surface area contributed by atoms with Crippen LogP contribution in [0.25, 0.3) is 0 Å². The molecule has 3 rings (SSSR count). The van der Waals surface area contributed by atoms with E-state index in [9.17, 15) is 4.79 Å². The van der Waals surface area contributed by atoms with Crippen molar-refractivity contribution < 1.29 is 9.90 Å². The molecule has 1 atom stereocenters. The van der Waals surface area contributed by atoms with Crippen LogP contribution in [-0.4, -0.2) is 29.1 Å². The number of benzene rings is 2. The molecule has 2 aromatic rings. The predicted octanol–water partition coefficient (Wildman–Crippen LogP) is 2.99. The van der Waals surface area contributed by atoms with Gasteiger partial charge < -0.3 is 5.11 Å². The molecule has 0 radical (unpaired) electrons. The molecule has 1 heterocycles. The SMILES string of the molecule is O=C(O)C1CN(C(Cc2ccccc2)c2ccccc2)C1. The van der Waals surface area contributed by atoms with Crippen molar-refractivity contribution in [2.24, 2.45) is 5.92 Å². The fraction of sp³-hybridized carbons (Fsp3) is 0.278. The molecule has 0 saturated carbocycles. The summed E-state index contributed by atoms with van der Waals surface area (Å²) >= 11 is 0. The second-order valence-electron chi connectivity index (χ2n) is 5.61. The molecule has 1 aliphatic rings. The molecule has 108 valence electrons. The van der Waals surface area contributed by atoms with Crippen LogP contribution >= 0.6 is 0 Å². The van der Waals surface area contributed by atoms with E-state index in [1.54, 1.807) is 0 Å². The maximum Gasteiger partial charge on any atom is 0.309 e. The number of rotatable bonds is 5. The van der Waals surface area contributed by atoms with Crippen LogP contribution in [0.15, 0.2) is 60.7 Å². The summed E-state index contributed by atoms with van der Waals surface area (Å²) in [6, 6.07) is 21.0. The average molecular weight is 281 g/mol. The van der Waals surface area contributed by atoms with Crippen molar-refractivity contribution in [1.29, 1.82) is 0 Å². The third-order valence-corrected chi connectivity index (χ3v) is 4.16. The van der Waals surface area contributed by atoms with Gasteiger partial charge in [0.15, 0.2) is 0 Å². The summed E-state index contributed by atoms with van der Waals surface area (Å²) in [6.07, 6.45) is 0.914. The van der Waals surface area contributed by atoms with Crippen LogP contribution in [0.4, 0.5) is 0 Å². The summed E-state index contributed by atoms with van der Waals surface area (Å²) in [4.78, 5) is 13.3. The average Bonchev–Trinajstić information content (AvgIpc) is 2.46. The van der Waals surface area contributed by atoms with E-state index in [0.29, 0.717) is 13.1 Å². The molecule has 0 aromatic heterocycles. The minimum atomic E-state index is -0.683. The summed E-state index contributed by atoms with van der Waals surface area (Å²) in [7, 11) is 0. The highest BCUT2D eigenvalue weighted by molar-refractivity contribution is 5.71. The van der Waals surface area contributed by atoms with Crippen molar-refractivity contribution in [3.63, 3.8) is 0 Å². The minimum absolute atomic E-state index is 0.216. The molecule has 1 fully saturated rings. The van der Waals surface area contributed by atoms with E-state index >= 15 is 0 Å². The highest BCUT2D eigenvalue weighted by atomic mass is 16.4. The molecule has 3 nitrogen and oxygen atoms in total. The Morgan fingerprint density at radius 3 is 2.19 bits per heavy atom. The topological polar surface area (TPSA) is 40.5 Å². The Kier molecular flexibility index (Phi) is 4.02. The molecule has 0 spiro atoms. The lowest BCUT2D eigenvalue weighted by Gasteiger charge is -2.42. The van der Waals surface area contributed by atoms with Crippen molar-refractivity contribution in [1.82, 2.24) is 4.90 Å². The Morgan fingerprint density at radius 2 is 1.62 bits per heavy atom. The molecule has 1 N–H and O–H groups in total. The largest absolute Gasteiger partial charge is 0.481 e. The molecule has 1 aliphatic heterocycles. The van der Waals surface area contributed by atoms with E-state index < -0.39 is 5.97 Å². The molecule has 1 unspecified atom stereocenters. The van der Waals surface area contributed by atoms with Gasteiger partial charge in [-0.25, -0.2) is 0 Å². The van der Waals surface area contributed by atoms with E-state index in [1.807, 2.05) is 36.4 Å². The van der Waals surface area contributed by atoms with Crippen molar-refractivity contribution in [3.05, 3.63) is 71.8 Å². The summed E-state index contributed by atoms with van der Waals surface area (Å²) in [6.45, 7) is 1.28. The Balaban J connectivity index is 1.78. The molecular weight excluding hydrogens is 262 g/mol. The van der Waals surface area contributed by atoms with Crippen LogP contribution in [0.2, 0.25) is 0 Å². The first-order chi connectivity index (χ1) is 10.2. The van der Waals surface area contributed by atoms with Crippen LogP contribution in [0.5, 0.6) is 0 Å². The highest BCUT2D eigenvalue weighted by Gasteiger charge is 2.37. The van der Waals surface area contributed by atoms with Gasteiger partial charge in [0.2, 0.25) is 0 Å². The number of aliphatic carboxylic acids is 1. The van der Waals surface area contributed by atoms with E-state index in [4.69, 9.17) is 5.11 Å². The first-order valence-corrected chi connectivity index (χ1v) is 7.30. The van der Waals surface area contributed by atoms with Crippen molar-refractivity contribution in [2.45, 2.75) is 12.5 Å². The zero-order valence-corrected chi connectivity index (χ0v) is 11.9. The molecule has 3 heteroatoms. The summed E-state index contributed by atoms with van der Waals surface area (Å²) in [5.74, 6) is -0.898. The first kappa shape index (κ1) is 13.8. The molecule has 0 amide bonds. The van der Waals surface area contributed by atoms with Crippen LogP contribution in [0, 0.1) is 5.92 Å². The number of carboxylic acid groups (broad SMARTS) is 1. The summed E-state index contributed by atoms with van der Waals surface area (Å²) < 4.78 is 0. The van der Waals surface area contributed by atoms with Crippen molar-refractivity contribution >= 4 is 5.97 Å². The standard InChI is InChI=1S/C18H19NO2/c20-18(21)16-12-19(13-16)17(15-9-5-2-6-10-15)11-14-7-3-1-4-8-14/h1-10,16-17H,11-13H2,(H,20,21). The normalized spacial score (nSPS) is 17.1. The second-order valence-corrected chi connectivity index (χ2v) is 5.61. The molecule has 1 saturated heterocycles. The van der Waals surface area contributed by atoms with Crippen molar-refractivity contribution in [3.8, 4) is 0 Å². The fourth-order valence-electron chi connectivity index (χ4n) is 2.89. The quantitative estimate of drug-likeness (QED) is 0.916. The number of carboxylic acids is 1. The lowest BCUT2D eigenvalue weighted by molar-refractivity contribution is -0.148. The minimum Gasteiger partial charge on any atom is -0.481 e. The Morgan fingerprint density at radius 1 is 1.05 bits per heavy atom. The van der Waals surface area contributed by atoms with Gasteiger partial charge in [0, 0.05) is 19.1 Å². The summed E-state index contributed by atoms with van der Waals surface area (Å²) in [5, 5.41) is 9.07. The van der Waals surface area contributed by atoms with Crippen LogP contribution in [0.1, 0.15) is 17.2 Å². The van der Waals surface area contributed by atoms with Crippen LogP contribution in [-0.2, 0) is 11.2 Å². The molecule has 0 bridgehead atoms. The van der Waals surface area contributed by atoms with E-state index in [0.717, 1.165) is 6.42 Å². The fourth-order valence-corrected chi connectivity index (χ4v) is 2.89. The Hall–Kier alpha value is -2.13. The van der Waals surface area contributed by atoms with E-state index in [-0.39, 0.29) is 12.0 Å². The zero-order chi connectivity index (χ0) is 14.7. The molecule has 2 aromatic carbocycles.